The molecular formula is C22H17ClN4O2S. The third-order valence-corrected chi connectivity index (χ3v) is 5.29. The van der Waals surface area contributed by atoms with E-state index in [1.165, 1.54) is 17.3 Å². The second-order valence-corrected chi connectivity index (χ2v) is 7.81. The first-order valence-electron chi connectivity index (χ1n) is 9.16. The molecular weight excluding hydrogens is 420 g/mol. The zero-order valence-corrected chi connectivity index (χ0v) is 17.4. The van der Waals surface area contributed by atoms with Gasteiger partial charge in [0.05, 0.1) is 5.75 Å². The molecule has 0 bridgehead atoms. The summed E-state index contributed by atoms with van der Waals surface area (Å²) in [7, 11) is 0. The fraction of sp³-hybridized carbons (Fsp3) is 0.0909. The van der Waals surface area contributed by atoms with Gasteiger partial charge < -0.3 is 9.73 Å². The van der Waals surface area contributed by atoms with Crippen LogP contribution in [-0.4, -0.2) is 26.8 Å². The minimum Gasteiger partial charge on any atom is -0.411 e. The van der Waals surface area contributed by atoms with E-state index in [-0.39, 0.29) is 11.7 Å². The molecule has 2 heterocycles. The quantitative estimate of drug-likeness (QED) is 0.405. The molecule has 2 aromatic heterocycles. The van der Waals surface area contributed by atoms with Crippen molar-refractivity contribution >= 4 is 35.0 Å². The first kappa shape index (κ1) is 20.1. The van der Waals surface area contributed by atoms with Gasteiger partial charge in [-0.1, -0.05) is 35.5 Å². The normalized spacial score (nSPS) is 10.7. The highest BCUT2D eigenvalue weighted by Crippen LogP contribution is 2.24. The van der Waals surface area contributed by atoms with E-state index in [1.807, 2.05) is 36.4 Å². The Morgan fingerprint density at radius 2 is 1.63 bits per heavy atom. The zero-order valence-electron chi connectivity index (χ0n) is 15.8. The van der Waals surface area contributed by atoms with E-state index in [4.69, 9.17) is 16.0 Å². The lowest BCUT2D eigenvalue weighted by Crippen LogP contribution is -2.13. The van der Waals surface area contributed by atoms with Crippen molar-refractivity contribution in [2.24, 2.45) is 0 Å². The van der Waals surface area contributed by atoms with Crippen LogP contribution < -0.4 is 5.32 Å². The summed E-state index contributed by atoms with van der Waals surface area (Å²) in [5.74, 6) is 0.411. The lowest BCUT2D eigenvalue weighted by atomic mass is 10.1. The van der Waals surface area contributed by atoms with E-state index >= 15 is 0 Å². The molecule has 0 saturated heterocycles. The maximum Gasteiger partial charge on any atom is 0.277 e. The highest BCUT2D eigenvalue weighted by atomic mass is 35.5. The summed E-state index contributed by atoms with van der Waals surface area (Å²) in [6.45, 7) is 0. The number of amides is 1. The second kappa shape index (κ2) is 9.56. The predicted molar refractivity (Wildman–Crippen MR) is 118 cm³/mol. The van der Waals surface area contributed by atoms with Crippen molar-refractivity contribution in [3.63, 3.8) is 0 Å². The number of rotatable bonds is 7. The number of halogens is 1. The minimum absolute atomic E-state index is 0.145. The molecule has 30 heavy (non-hydrogen) atoms. The molecule has 1 N–H and O–H groups in total. The molecule has 0 atom stereocenters. The SMILES string of the molecule is O=C(CSc1nnc(-c2ccc(Cl)cc2)o1)Nc1ccc(Cc2ccncc2)cc1. The van der Waals surface area contributed by atoms with E-state index in [1.54, 1.807) is 36.7 Å². The monoisotopic (exact) mass is 436 g/mol. The summed E-state index contributed by atoms with van der Waals surface area (Å²) < 4.78 is 5.60. The van der Waals surface area contributed by atoms with Crippen LogP contribution in [0, 0.1) is 0 Å². The van der Waals surface area contributed by atoms with Crippen LogP contribution in [0.15, 0.2) is 82.7 Å². The molecule has 0 radical (unpaired) electrons. The van der Waals surface area contributed by atoms with Crippen LogP contribution in [0.25, 0.3) is 11.5 Å². The maximum atomic E-state index is 12.2. The van der Waals surface area contributed by atoms with Gasteiger partial charge in [0.2, 0.25) is 11.8 Å². The average Bonchev–Trinajstić information content (AvgIpc) is 3.24. The summed E-state index contributed by atoms with van der Waals surface area (Å²) in [5, 5.41) is 11.8. The van der Waals surface area contributed by atoms with Gasteiger partial charge in [-0.25, -0.2) is 0 Å². The van der Waals surface area contributed by atoms with E-state index in [9.17, 15) is 4.79 Å². The Hall–Kier alpha value is -3.16. The van der Waals surface area contributed by atoms with Crippen molar-refractivity contribution in [1.82, 2.24) is 15.2 Å². The van der Waals surface area contributed by atoms with Crippen molar-refractivity contribution in [2.45, 2.75) is 11.6 Å². The van der Waals surface area contributed by atoms with Gasteiger partial charge in [-0.05, 0) is 66.1 Å². The standard InChI is InChI=1S/C22H17ClN4O2S/c23-18-5-3-17(4-6-18)21-26-27-22(29-21)30-14-20(28)25-19-7-1-15(2-8-19)13-16-9-11-24-12-10-16/h1-12H,13-14H2,(H,25,28). The number of thioether (sulfide) groups is 1. The van der Waals surface area contributed by atoms with Crippen LogP contribution in [-0.2, 0) is 11.2 Å². The van der Waals surface area contributed by atoms with Crippen LogP contribution in [0.4, 0.5) is 5.69 Å². The van der Waals surface area contributed by atoms with E-state index in [2.05, 4.69) is 20.5 Å². The first-order valence-corrected chi connectivity index (χ1v) is 10.5. The van der Waals surface area contributed by atoms with Crippen LogP contribution >= 0.6 is 23.4 Å². The van der Waals surface area contributed by atoms with Crippen molar-refractivity contribution in [1.29, 1.82) is 0 Å². The molecule has 0 saturated carbocycles. The third-order valence-electron chi connectivity index (χ3n) is 4.22. The van der Waals surface area contributed by atoms with Crippen molar-refractivity contribution in [2.75, 3.05) is 11.1 Å². The number of pyridine rings is 1. The zero-order chi connectivity index (χ0) is 20.8. The number of carbonyl (C=O) groups is 1. The Balaban J connectivity index is 1.28. The fourth-order valence-electron chi connectivity index (χ4n) is 2.74. The summed E-state index contributed by atoms with van der Waals surface area (Å²) in [6.07, 6.45) is 4.38. The molecule has 4 aromatic rings. The topological polar surface area (TPSA) is 80.9 Å². The maximum absolute atomic E-state index is 12.2. The van der Waals surface area contributed by atoms with E-state index in [0.29, 0.717) is 16.1 Å². The molecule has 8 heteroatoms. The van der Waals surface area contributed by atoms with Gasteiger partial charge in [-0.3, -0.25) is 9.78 Å². The molecule has 0 fully saturated rings. The molecule has 2 aromatic carbocycles. The summed E-state index contributed by atoms with van der Waals surface area (Å²) in [5.41, 5.74) is 3.87. The number of carbonyl (C=O) groups excluding carboxylic acids is 1. The predicted octanol–water partition coefficient (Wildman–Crippen LogP) is 5.11. The van der Waals surface area contributed by atoms with Gasteiger partial charge in [0.25, 0.3) is 5.22 Å². The molecule has 0 spiro atoms. The Labute approximate surface area is 182 Å². The molecule has 0 aliphatic carbocycles. The number of nitrogens with one attached hydrogen (secondary N) is 1. The van der Waals surface area contributed by atoms with Crippen LogP contribution in [0.2, 0.25) is 5.02 Å². The van der Waals surface area contributed by atoms with Gasteiger partial charge in [0, 0.05) is 28.7 Å². The van der Waals surface area contributed by atoms with Crippen molar-refractivity contribution in [3.05, 3.63) is 89.2 Å². The highest BCUT2D eigenvalue weighted by molar-refractivity contribution is 7.99. The number of nitrogens with zero attached hydrogens (tertiary/aromatic N) is 3. The third kappa shape index (κ3) is 5.46. The lowest BCUT2D eigenvalue weighted by molar-refractivity contribution is -0.113. The number of hydrogen-bond donors (Lipinski definition) is 1. The largest absolute Gasteiger partial charge is 0.411 e. The van der Waals surface area contributed by atoms with Crippen LogP contribution in [0.5, 0.6) is 0 Å². The lowest BCUT2D eigenvalue weighted by Gasteiger charge is -2.06. The van der Waals surface area contributed by atoms with E-state index < -0.39 is 0 Å². The molecule has 0 aliphatic heterocycles. The summed E-state index contributed by atoms with van der Waals surface area (Å²) >= 11 is 7.07. The van der Waals surface area contributed by atoms with Crippen molar-refractivity contribution in [3.8, 4) is 11.5 Å². The first-order chi connectivity index (χ1) is 14.7. The minimum atomic E-state index is -0.145. The molecule has 1 amide bonds. The summed E-state index contributed by atoms with van der Waals surface area (Å²) in [6, 6.07) is 18.9. The Bertz CT molecular complexity index is 1120. The van der Waals surface area contributed by atoms with Gasteiger partial charge in [-0.15, -0.1) is 10.2 Å². The molecule has 4 rings (SSSR count). The highest BCUT2D eigenvalue weighted by Gasteiger charge is 2.11. The smallest absolute Gasteiger partial charge is 0.277 e. The molecule has 0 unspecified atom stereocenters. The number of anilines is 1. The second-order valence-electron chi connectivity index (χ2n) is 6.45. The number of hydrogen-bond acceptors (Lipinski definition) is 6. The van der Waals surface area contributed by atoms with Crippen LogP contribution in [0.1, 0.15) is 11.1 Å². The van der Waals surface area contributed by atoms with Gasteiger partial charge >= 0.3 is 0 Å². The molecule has 150 valence electrons. The molecule has 0 aliphatic rings. The number of benzene rings is 2. The van der Waals surface area contributed by atoms with Gasteiger partial charge in [0.1, 0.15) is 0 Å². The van der Waals surface area contributed by atoms with E-state index in [0.717, 1.165) is 23.2 Å². The van der Waals surface area contributed by atoms with Gasteiger partial charge in [-0.2, -0.15) is 0 Å². The van der Waals surface area contributed by atoms with Gasteiger partial charge in [0.15, 0.2) is 0 Å². The Morgan fingerprint density at radius 1 is 0.933 bits per heavy atom. The Morgan fingerprint density at radius 3 is 2.37 bits per heavy atom. The fourth-order valence-corrected chi connectivity index (χ4v) is 3.43. The Kier molecular flexibility index (Phi) is 6.41. The van der Waals surface area contributed by atoms with Crippen molar-refractivity contribution < 1.29 is 9.21 Å². The molecule has 6 nitrogen and oxygen atoms in total. The average molecular weight is 437 g/mol. The summed E-state index contributed by atoms with van der Waals surface area (Å²) in [4.78, 5) is 16.3. The van der Waals surface area contributed by atoms with Crippen LogP contribution in [0.3, 0.4) is 0 Å². The number of aromatic nitrogens is 3.